The number of carbonyl (C=O) groups excluding carboxylic acids is 1. The lowest BCUT2D eigenvalue weighted by atomic mass is 10.1. The van der Waals surface area contributed by atoms with Gasteiger partial charge in [0, 0.05) is 11.1 Å². The van der Waals surface area contributed by atoms with Crippen molar-refractivity contribution in [1.29, 1.82) is 0 Å². The molecule has 0 aliphatic rings. The smallest absolute Gasteiger partial charge is 0.416 e. The number of benzene rings is 2. The number of carbonyl (C=O) groups is 1. The van der Waals surface area contributed by atoms with Crippen LogP contribution in [0.5, 0.6) is 0 Å². The molecule has 3 aromatic rings. The van der Waals surface area contributed by atoms with Gasteiger partial charge in [0.1, 0.15) is 5.58 Å². The van der Waals surface area contributed by atoms with E-state index in [9.17, 15) is 31.1 Å². The predicted molar refractivity (Wildman–Crippen MR) is 96.3 cm³/mol. The number of hydrogen-bond acceptors (Lipinski definition) is 3. The van der Waals surface area contributed by atoms with E-state index in [4.69, 9.17) is 16.6 Å². The highest BCUT2D eigenvalue weighted by Crippen LogP contribution is 2.37. The van der Waals surface area contributed by atoms with E-state index in [-0.39, 0.29) is 11.8 Å². The number of halogens is 6. The Morgan fingerprint density at radius 1 is 0.897 bits per heavy atom. The average molecular weight is 432 g/mol. The van der Waals surface area contributed by atoms with Crippen molar-refractivity contribution in [1.82, 2.24) is 5.32 Å². The fourth-order valence-electron chi connectivity index (χ4n) is 2.45. The van der Waals surface area contributed by atoms with Gasteiger partial charge in [0.15, 0.2) is 10.9 Å². The van der Waals surface area contributed by atoms with Gasteiger partial charge >= 0.3 is 12.4 Å². The molecule has 2 aromatic carbocycles. The number of fused-ring (bicyclic) bond motifs is 1. The van der Waals surface area contributed by atoms with Crippen LogP contribution < -0.4 is 10.6 Å². The topological polar surface area (TPSA) is 54.3 Å². The normalized spacial score (nSPS) is 12.1. The van der Waals surface area contributed by atoms with Crippen LogP contribution in [-0.2, 0) is 12.4 Å². The molecule has 2 N–H and O–H groups in total. The van der Waals surface area contributed by atoms with Gasteiger partial charge in [-0.2, -0.15) is 26.3 Å². The van der Waals surface area contributed by atoms with E-state index in [1.165, 1.54) is 6.07 Å². The van der Waals surface area contributed by atoms with E-state index in [1.807, 2.05) is 0 Å². The van der Waals surface area contributed by atoms with Crippen LogP contribution in [0.3, 0.4) is 0 Å². The Kier molecular flexibility index (Phi) is 5.26. The molecule has 11 heteroatoms. The summed E-state index contributed by atoms with van der Waals surface area (Å²) in [6.45, 7) is 0. The molecule has 152 valence electrons. The van der Waals surface area contributed by atoms with Gasteiger partial charge in [-0.25, -0.2) is 0 Å². The summed E-state index contributed by atoms with van der Waals surface area (Å²) in [6, 6.07) is 9.02. The number of para-hydroxylation sites is 1. The van der Waals surface area contributed by atoms with Crippen LogP contribution in [0.2, 0.25) is 0 Å². The van der Waals surface area contributed by atoms with Gasteiger partial charge in [-0.15, -0.1) is 0 Å². The number of rotatable bonds is 2. The molecule has 0 saturated heterocycles. The van der Waals surface area contributed by atoms with Crippen LogP contribution in [0.1, 0.15) is 21.7 Å². The number of anilines is 1. The lowest BCUT2D eigenvalue weighted by molar-refractivity contribution is -0.143. The first kappa shape index (κ1) is 20.6. The molecular formula is C18H10F6N2O2S. The molecule has 0 spiro atoms. The summed E-state index contributed by atoms with van der Waals surface area (Å²) in [6.07, 6.45) is -10.0. The fourth-order valence-corrected chi connectivity index (χ4v) is 2.66. The molecule has 0 unspecified atom stereocenters. The highest BCUT2D eigenvalue weighted by atomic mass is 32.1. The average Bonchev–Trinajstić information content (AvgIpc) is 3.04. The molecule has 1 amide bonds. The summed E-state index contributed by atoms with van der Waals surface area (Å²) in [5.74, 6) is -0.947. The highest BCUT2D eigenvalue weighted by Gasteiger charge is 2.37. The van der Waals surface area contributed by atoms with Crippen molar-refractivity contribution < 1.29 is 35.6 Å². The van der Waals surface area contributed by atoms with Crippen molar-refractivity contribution >= 4 is 39.9 Å². The second-order valence-electron chi connectivity index (χ2n) is 5.85. The minimum Gasteiger partial charge on any atom is -0.451 e. The minimum atomic E-state index is -5.00. The Morgan fingerprint density at radius 3 is 2.03 bits per heavy atom. The standard InChI is InChI=1S/C18H10F6N2O2S/c19-17(20,21)10-6-11(18(22,23)24)8-12(7-10)25-16(29)26-15(27)14-5-9-3-1-2-4-13(9)28-14/h1-8H,(H2,25,26,27,29). The Bertz CT molecular complexity index is 1020. The maximum absolute atomic E-state index is 12.9. The highest BCUT2D eigenvalue weighted by molar-refractivity contribution is 7.80. The van der Waals surface area contributed by atoms with Crippen molar-refractivity contribution in [2.75, 3.05) is 5.32 Å². The number of furan rings is 1. The molecule has 1 aromatic heterocycles. The van der Waals surface area contributed by atoms with Crippen LogP contribution in [0, 0.1) is 0 Å². The summed E-state index contributed by atoms with van der Waals surface area (Å²) in [4.78, 5) is 12.2. The molecule has 29 heavy (non-hydrogen) atoms. The van der Waals surface area contributed by atoms with Gasteiger partial charge < -0.3 is 9.73 Å². The van der Waals surface area contributed by atoms with Crippen LogP contribution in [0.4, 0.5) is 32.0 Å². The number of nitrogens with one attached hydrogen (secondary N) is 2. The molecule has 1 heterocycles. The third-order valence-electron chi connectivity index (χ3n) is 3.72. The maximum Gasteiger partial charge on any atom is 0.416 e. The van der Waals surface area contributed by atoms with Gasteiger partial charge in [-0.05, 0) is 42.5 Å². The van der Waals surface area contributed by atoms with Crippen LogP contribution in [-0.4, -0.2) is 11.0 Å². The molecule has 3 rings (SSSR count). The molecular weight excluding hydrogens is 422 g/mol. The van der Waals surface area contributed by atoms with Crippen LogP contribution >= 0.6 is 12.2 Å². The van der Waals surface area contributed by atoms with Gasteiger partial charge in [-0.3, -0.25) is 10.1 Å². The third-order valence-corrected chi connectivity index (χ3v) is 3.93. The lowest BCUT2D eigenvalue weighted by Gasteiger charge is -2.15. The van der Waals surface area contributed by atoms with Crippen molar-refractivity contribution in [2.24, 2.45) is 0 Å². The molecule has 0 atom stereocenters. The Morgan fingerprint density at radius 2 is 1.48 bits per heavy atom. The maximum atomic E-state index is 12.9. The van der Waals surface area contributed by atoms with Crippen LogP contribution in [0.15, 0.2) is 52.9 Å². The van der Waals surface area contributed by atoms with E-state index in [1.54, 1.807) is 24.3 Å². The number of amides is 1. The zero-order valence-electron chi connectivity index (χ0n) is 14.1. The second kappa shape index (κ2) is 7.39. The fraction of sp³-hybridized carbons (Fsp3) is 0.111. The summed E-state index contributed by atoms with van der Waals surface area (Å²) in [5.41, 5.74) is -3.19. The van der Waals surface area contributed by atoms with E-state index >= 15 is 0 Å². The molecule has 4 nitrogen and oxygen atoms in total. The van der Waals surface area contributed by atoms with E-state index in [2.05, 4.69) is 10.6 Å². The van der Waals surface area contributed by atoms with Crippen molar-refractivity contribution in [2.45, 2.75) is 12.4 Å². The number of thiocarbonyl (C=S) groups is 1. The predicted octanol–water partition coefficient (Wildman–Crippen LogP) is 5.60. The van der Waals surface area contributed by atoms with Gasteiger partial charge in [-0.1, -0.05) is 18.2 Å². The number of hydrogen-bond donors (Lipinski definition) is 2. The van der Waals surface area contributed by atoms with E-state index < -0.39 is 40.2 Å². The first-order chi connectivity index (χ1) is 13.4. The monoisotopic (exact) mass is 432 g/mol. The molecule has 0 aliphatic carbocycles. The van der Waals surface area contributed by atoms with Crippen LogP contribution in [0.25, 0.3) is 11.0 Å². The quantitative estimate of drug-likeness (QED) is 0.409. The van der Waals surface area contributed by atoms with Crippen molar-refractivity contribution in [3.63, 3.8) is 0 Å². The van der Waals surface area contributed by atoms with Crippen molar-refractivity contribution in [3.05, 3.63) is 65.4 Å². The summed E-state index contributed by atoms with van der Waals surface area (Å²) in [5, 5.41) is 4.44. The summed E-state index contributed by atoms with van der Waals surface area (Å²) < 4.78 is 82.7. The zero-order chi connectivity index (χ0) is 21.4. The molecule has 0 bridgehead atoms. The largest absolute Gasteiger partial charge is 0.451 e. The van der Waals surface area contributed by atoms with E-state index in [0.29, 0.717) is 23.1 Å². The first-order valence-electron chi connectivity index (χ1n) is 7.84. The Balaban J connectivity index is 1.79. The summed E-state index contributed by atoms with van der Waals surface area (Å²) in [7, 11) is 0. The zero-order valence-corrected chi connectivity index (χ0v) is 14.9. The lowest BCUT2D eigenvalue weighted by Crippen LogP contribution is -2.34. The van der Waals surface area contributed by atoms with E-state index in [0.717, 1.165) is 0 Å². The molecule has 0 saturated carbocycles. The second-order valence-corrected chi connectivity index (χ2v) is 6.26. The minimum absolute atomic E-state index is 0.0127. The number of alkyl halides is 6. The molecule has 0 radical (unpaired) electrons. The Hall–Kier alpha value is -3.08. The van der Waals surface area contributed by atoms with Gasteiger partial charge in [0.2, 0.25) is 0 Å². The van der Waals surface area contributed by atoms with Gasteiger partial charge in [0.05, 0.1) is 11.1 Å². The molecule has 0 fully saturated rings. The first-order valence-corrected chi connectivity index (χ1v) is 8.25. The summed E-state index contributed by atoms with van der Waals surface area (Å²) >= 11 is 4.82. The third kappa shape index (κ3) is 4.86. The molecule has 0 aliphatic heterocycles. The SMILES string of the molecule is O=C(NC(=S)Nc1cc(C(F)(F)F)cc(C(F)(F)F)c1)c1cc2ccccc2o1. The van der Waals surface area contributed by atoms with Gasteiger partial charge in [0.25, 0.3) is 5.91 Å². The van der Waals surface area contributed by atoms with Crippen molar-refractivity contribution in [3.8, 4) is 0 Å². The Labute approximate surface area is 164 Å².